The summed E-state index contributed by atoms with van der Waals surface area (Å²) in [6, 6.07) is 0. The smallest absolute Gasteiger partial charge is 0.184 e. The molecule has 3 nitrogen and oxygen atoms in total. The van der Waals surface area contributed by atoms with Crippen LogP contribution in [0.5, 0.6) is 0 Å². The third kappa shape index (κ3) is 4.29. The van der Waals surface area contributed by atoms with Crippen molar-refractivity contribution in [1.82, 2.24) is 0 Å². The van der Waals surface area contributed by atoms with E-state index in [1.54, 1.807) is 12.2 Å². The molecule has 0 radical (unpaired) electrons. The van der Waals surface area contributed by atoms with Crippen molar-refractivity contribution in [3.05, 3.63) is 24.8 Å². The molecule has 0 saturated carbocycles. The van der Waals surface area contributed by atoms with Gasteiger partial charge in [-0.05, 0) is 45.3 Å². The number of hydrogen-bond acceptors (Lipinski definition) is 3. The van der Waals surface area contributed by atoms with E-state index >= 15 is 0 Å². The molecule has 1 rings (SSSR count). The van der Waals surface area contributed by atoms with E-state index in [0.29, 0.717) is 0 Å². The lowest BCUT2D eigenvalue weighted by atomic mass is 10.1. The second-order valence-electron chi connectivity index (χ2n) is 4.16. The van der Waals surface area contributed by atoms with E-state index in [1.165, 1.54) is 0 Å². The van der Waals surface area contributed by atoms with Crippen molar-refractivity contribution >= 4 is 5.78 Å². The number of allylic oxidation sites excluding steroid dienone is 1. The van der Waals surface area contributed by atoms with E-state index in [0.717, 1.165) is 19.3 Å². The lowest BCUT2D eigenvalue weighted by molar-refractivity contribution is -0.174. The summed E-state index contributed by atoms with van der Waals surface area (Å²) in [6.45, 7) is 7.54. The van der Waals surface area contributed by atoms with Crippen molar-refractivity contribution in [2.24, 2.45) is 0 Å². The number of unbranched alkanes of at least 4 members (excludes halogenated alkanes) is 1. The minimum absolute atomic E-state index is 0.0349. The minimum atomic E-state index is -0.383. The maximum absolute atomic E-state index is 11.5. The monoisotopic (exact) mass is 224 g/mol. The van der Waals surface area contributed by atoms with Crippen molar-refractivity contribution in [2.45, 2.75) is 51.6 Å². The van der Waals surface area contributed by atoms with Crippen LogP contribution in [0.2, 0.25) is 0 Å². The van der Waals surface area contributed by atoms with Crippen LogP contribution in [0.1, 0.15) is 33.1 Å². The first-order valence-corrected chi connectivity index (χ1v) is 5.77. The van der Waals surface area contributed by atoms with E-state index in [4.69, 9.17) is 9.47 Å². The van der Waals surface area contributed by atoms with E-state index in [9.17, 15) is 4.79 Å². The zero-order valence-electron chi connectivity index (χ0n) is 10.0. The first-order chi connectivity index (χ1) is 7.63. The van der Waals surface area contributed by atoms with Gasteiger partial charge in [0.05, 0.1) is 6.10 Å². The standard InChI is InChI=1S/C13H20O3/c1-4-5-6-7-12-11(14)8-9-13(16-12)15-10(2)3/h4,8-10,12-13H,1,5-7H2,2-3H3/t12-,13?/m0/s1. The molecule has 0 N–H and O–H groups in total. The van der Waals surface area contributed by atoms with Gasteiger partial charge in [-0.15, -0.1) is 6.58 Å². The van der Waals surface area contributed by atoms with Crippen LogP contribution in [-0.2, 0) is 14.3 Å². The summed E-state index contributed by atoms with van der Waals surface area (Å²) in [4.78, 5) is 11.5. The summed E-state index contributed by atoms with van der Waals surface area (Å²) in [6.07, 6.45) is 7.01. The van der Waals surface area contributed by atoms with E-state index in [-0.39, 0.29) is 24.3 Å². The molecule has 0 fully saturated rings. The van der Waals surface area contributed by atoms with Gasteiger partial charge >= 0.3 is 0 Å². The number of rotatable bonds is 6. The van der Waals surface area contributed by atoms with E-state index in [1.807, 2.05) is 19.9 Å². The molecule has 2 atom stereocenters. The van der Waals surface area contributed by atoms with Gasteiger partial charge in [-0.2, -0.15) is 0 Å². The van der Waals surface area contributed by atoms with Gasteiger partial charge in [-0.3, -0.25) is 4.79 Å². The maximum atomic E-state index is 11.5. The Kier molecular flexibility index (Phi) is 5.43. The van der Waals surface area contributed by atoms with Gasteiger partial charge in [-0.1, -0.05) is 6.08 Å². The van der Waals surface area contributed by atoms with Crippen LogP contribution in [0, 0.1) is 0 Å². The molecule has 1 aliphatic rings. The molecule has 1 aliphatic heterocycles. The summed E-state index contributed by atoms with van der Waals surface area (Å²) < 4.78 is 11.1. The summed E-state index contributed by atoms with van der Waals surface area (Å²) >= 11 is 0. The lowest BCUT2D eigenvalue weighted by Gasteiger charge is -2.26. The molecule has 0 aromatic heterocycles. The second-order valence-corrected chi connectivity index (χ2v) is 4.16. The Hall–Kier alpha value is -0.930. The van der Waals surface area contributed by atoms with Crippen molar-refractivity contribution in [3.8, 4) is 0 Å². The molecule has 90 valence electrons. The van der Waals surface area contributed by atoms with Crippen molar-refractivity contribution in [2.75, 3.05) is 0 Å². The van der Waals surface area contributed by atoms with Gasteiger partial charge in [-0.25, -0.2) is 0 Å². The molecule has 0 bridgehead atoms. The Morgan fingerprint density at radius 2 is 2.38 bits per heavy atom. The van der Waals surface area contributed by atoms with Crippen molar-refractivity contribution in [3.63, 3.8) is 0 Å². The second kappa shape index (κ2) is 6.61. The highest BCUT2D eigenvalue weighted by Gasteiger charge is 2.25. The molecule has 1 unspecified atom stereocenters. The average Bonchev–Trinajstić information content (AvgIpc) is 2.22. The molecule has 0 saturated heterocycles. The lowest BCUT2D eigenvalue weighted by Crippen LogP contribution is -2.34. The van der Waals surface area contributed by atoms with Crippen LogP contribution in [0.4, 0.5) is 0 Å². The van der Waals surface area contributed by atoms with Crippen LogP contribution >= 0.6 is 0 Å². The summed E-state index contributed by atoms with van der Waals surface area (Å²) in [5.41, 5.74) is 0. The highest BCUT2D eigenvalue weighted by atomic mass is 16.7. The summed E-state index contributed by atoms with van der Waals surface area (Å²) in [5.74, 6) is 0.0349. The minimum Gasteiger partial charge on any atom is -0.346 e. The van der Waals surface area contributed by atoms with Gasteiger partial charge in [0.2, 0.25) is 0 Å². The zero-order chi connectivity index (χ0) is 12.0. The van der Waals surface area contributed by atoms with Crippen molar-refractivity contribution in [1.29, 1.82) is 0 Å². The molecule has 0 amide bonds. The normalized spacial score (nSPS) is 25.1. The number of ether oxygens (including phenoxy) is 2. The summed E-state index contributed by atoms with van der Waals surface area (Å²) in [7, 11) is 0. The highest BCUT2D eigenvalue weighted by molar-refractivity contribution is 5.94. The fourth-order valence-corrected chi connectivity index (χ4v) is 1.56. The third-order valence-electron chi connectivity index (χ3n) is 2.31. The number of carbonyl (C=O) groups excluding carboxylic acids is 1. The first-order valence-electron chi connectivity index (χ1n) is 5.77. The zero-order valence-corrected chi connectivity index (χ0v) is 10.0. The van der Waals surface area contributed by atoms with Crippen LogP contribution < -0.4 is 0 Å². The molecule has 0 aromatic carbocycles. The topological polar surface area (TPSA) is 35.5 Å². The van der Waals surface area contributed by atoms with Crippen molar-refractivity contribution < 1.29 is 14.3 Å². The Morgan fingerprint density at radius 3 is 3.00 bits per heavy atom. The highest BCUT2D eigenvalue weighted by Crippen LogP contribution is 2.17. The van der Waals surface area contributed by atoms with Gasteiger partial charge in [0.15, 0.2) is 12.1 Å². The Balaban J connectivity index is 2.43. The molecule has 16 heavy (non-hydrogen) atoms. The van der Waals surface area contributed by atoms with Crippen LogP contribution in [0.3, 0.4) is 0 Å². The van der Waals surface area contributed by atoms with E-state index in [2.05, 4.69) is 6.58 Å². The number of hydrogen-bond donors (Lipinski definition) is 0. The predicted molar refractivity (Wildman–Crippen MR) is 63.1 cm³/mol. The van der Waals surface area contributed by atoms with Gasteiger partial charge in [0.1, 0.15) is 6.10 Å². The van der Waals surface area contributed by atoms with Gasteiger partial charge in [0.25, 0.3) is 0 Å². The SMILES string of the molecule is C=CCCC[C@@H]1OC(OC(C)C)C=CC1=O. The quantitative estimate of drug-likeness (QED) is 0.514. The molecular formula is C13H20O3. The van der Waals surface area contributed by atoms with Crippen LogP contribution in [0.25, 0.3) is 0 Å². The predicted octanol–water partition coefficient (Wildman–Crippen LogP) is 2.62. The third-order valence-corrected chi connectivity index (χ3v) is 2.31. The van der Waals surface area contributed by atoms with Gasteiger partial charge < -0.3 is 9.47 Å². The molecule has 3 heteroatoms. The Bertz CT molecular complexity index is 268. The average molecular weight is 224 g/mol. The largest absolute Gasteiger partial charge is 0.346 e. The first kappa shape index (κ1) is 13.1. The summed E-state index contributed by atoms with van der Waals surface area (Å²) in [5, 5.41) is 0. The number of carbonyl (C=O) groups is 1. The fraction of sp³-hybridized carbons (Fsp3) is 0.615. The maximum Gasteiger partial charge on any atom is 0.184 e. The molecule has 1 heterocycles. The fourth-order valence-electron chi connectivity index (χ4n) is 1.56. The van der Waals surface area contributed by atoms with E-state index < -0.39 is 0 Å². The Morgan fingerprint density at radius 1 is 1.62 bits per heavy atom. The van der Waals surface area contributed by atoms with Crippen LogP contribution in [0.15, 0.2) is 24.8 Å². The Labute approximate surface area is 97.1 Å². The molecule has 0 aromatic rings. The van der Waals surface area contributed by atoms with Gasteiger partial charge in [0, 0.05) is 0 Å². The molecular weight excluding hydrogens is 204 g/mol. The molecule has 0 aliphatic carbocycles. The van der Waals surface area contributed by atoms with Crippen LogP contribution in [-0.4, -0.2) is 24.3 Å². The number of ketones is 1. The molecule has 0 spiro atoms.